The van der Waals surface area contributed by atoms with Crippen LogP contribution < -0.4 is 5.32 Å². The van der Waals surface area contributed by atoms with Gasteiger partial charge >= 0.3 is 0 Å². The van der Waals surface area contributed by atoms with Crippen LogP contribution in [0.5, 0.6) is 0 Å². The van der Waals surface area contributed by atoms with E-state index in [-0.39, 0.29) is 12.5 Å². The van der Waals surface area contributed by atoms with Crippen molar-refractivity contribution in [2.75, 3.05) is 6.61 Å². The molecular formula is C49H85NO3. The maximum absolute atomic E-state index is 12.4. The van der Waals surface area contributed by atoms with Gasteiger partial charge in [-0.3, -0.25) is 4.79 Å². The number of hydrogen-bond donors (Lipinski definition) is 3. The number of amides is 1. The molecule has 0 rings (SSSR count). The van der Waals surface area contributed by atoms with Crippen LogP contribution in [-0.2, 0) is 4.79 Å². The highest BCUT2D eigenvalue weighted by atomic mass is 16.3. The van der Waals surface area contributed by atoms with E-state index < -0.39 is 12.1 Å². The molecule has 0 aliphatic carbocycles. The van der Waals surface area contributed by atoms with Gasteiger partial charge in [-0.1, -0.05) is 195 Å². The fourth-order valence-electron chi connectivity index (χ4n) is 6.20. The number of carbonyl (C=O) groups excluding carboxylic acids is 1. The number of carbonyl (C=O) groups is 1. The number of aliphatic hydroxyl groups excluding tert-OH is 2. The Balaban J connectivity index is 3.63. The average Bonchev–Trinajstić information content (AvgIpc) is 3.16. The summed E-state index contributed by atoms with van der Waals surface area (Å²) in [6.07, 6.45) is 64.0. The van der Waals surface area contributed by atoms with E-state index in [4.69, 9.17) is 0 Å². The zero-order chi connectivity index (χ0) is 38.6. The molecule has 0 spiro atoms. The summed E-state index contributed by atoms with van der Waals surface area (Å²) < 4.78 is 0. The highest BCUT2D eigenvalue weighted by Crippen LogP contribution is 2.14. The predicted octanol–water partition coefficient (Wildman–Crippen LogP) is 14.1. The van der Waals surface area contributed by atoms with Crippen LogP contribution in [0.2, 0.25) is 0 Å². The zero-order valence-corrected chi connectivity index (χ0v) is 34.8. The summed E-state index contributed by atoms with van der Waals surface area (Å²) in [6, 6.07) is -0.650. The first-order valence-electron chi connectivity index (χ1n) is 22.3. The number of allylic oxidation sites excluding steroid dienone is 13. The van der Waals surface area contributed by atoms with Crippen LogP contribution in [0.3, 0.4) is 0 Å². The second kappa shape index (κ2) is 44.0. The molecule has 0 aromatic heterocycles. The summed E-state index contributed by atoms with van der Waals surface area (Å²) in [6.45, 7) is 4.16. The summed E-state index contributed by atoms with van der Waals surface area (Å²) in [5.41, 5.74) is 0. The molecule has 0 aromatic rings. The molecule has 4 nitrogen and oxygen atoms in total. The van der Waals surface area contributed by atoms with Crippen molar-refractivity contribution in [3.05, 3.63) is 85.1 Å². The molecule has 2 unspecified atom stereocenters. The molecule has 2 atom stereocenters. The van der Waals surface area contributed by atoms with E-state index >= 15 is 0 Å². The number of rotatable bonds is 39. The Kier molecular flexibility index (Phi) is 42.0. The van der Waals surface area contributed by atoms with Gasteiger partial charge in [-0.2, -0.15) is 0 Å². The third-order valence-electron chi connectivity index (χ3n) is 9.59. The Morgan fingerprint density at radius 3 is 1.32 bits per heavy atom. The van der Waals surface area contributed by atoms with Crippen molar-refractivity contribution < 1.29 is 15.0 Å². The first-order valence-corrected chi connectivity index (χ1v) is 22.3. The number of hydrogen-bond acceptors (Lipinski definition) is 3. The van der Waals surface area contributed by atoms with Crippen LogP contribution in [0, 0.1) is 0 Å². The molecule has 0 saturated heterocycles. The molecule has 0 radical (unpaired) electrons. The smallest absolute Gasteiger partial charge is 0.220 e. The van der Waals surface area contributed by atoms with Gasteiger partial charge in [-0.05, 0) is 83.5 Å². The van der Waals surface area contributed by atoms with Gasteiger partial charge in [0.1, 0.15) is 0 Å². The van der Waals surface area contributed by atoms with Gasteiger partial charge < -0.3 is 15.5 Å². The Bertz CT molecular complexity index is 972. The van der Waals surface area contributed by atoms with Crippen molar-refractivity contribution in [1.29, 1.82) is 0 Å². The lowest BCUT2D eigenvalue weighted by Crippen LogP contribution is -2.45. The largest absolute Gasteiger partial charge is 0.394 e. The fraction of sp³-hybridized carbons (Fsp3) is 0.694. The maximum Gasteiger partial charge on any atom is 0.220 e. The van der Waals surface area contributed by atoms with Crippen LogP contribution in [-0.4, -0.2) is 34.9 Å². The van der Waals surface area contributed by atoms with Gasteiger partial charge in [0.15, 0.2) is 0 Å². The molecule has 4 heteroatoms. The summed E-state index contributed by atoms with van der Waals surface area (Å²) in [5.74, 6) is -0.0843. The molecule has 0 aromatic carbocycles. The van der Waals surface area contributed by atoms with Gasteiger partial charge in [0, 0.05) is 6.42 Å². The van der Waals surface area contributed by atoms with Gasteiger partial charge in [-0.25, -0.2) is 0 Å². The van der Waals surface area contributed by atoms with Gasteiger partial charge in [0.05, 0.1) is 18.8 Å². The number of aliphatic hydroxyl groups is 2. The normalized spacial score (nSPS) is 13.8. The van der Waals surface area contributed by atoms with Crippen LogP contribution in [0.25, 0.3) is 0 Å². The molecule has 0 aliphatic rings. The highest BCUT2D eigenvalue weighted by molar-refractivity contribution is 5.76. The van der Waals surface area contributed by atoms with Crippen LogP contribution in [0.4, 0.5) is 0 Å². The second-order valence-corrected chi connectivity index (χ2v) is 14.7. The fourth-order valence-corrected chi connectivity index (χ4v) is 6.20. The van der Waals surface area contributed by atoms with Crippen LogP contribution in [0.1, 0.15) is 200 Å². The molecule has 1 amide bonds. The summed E-state index contributed by atoms with van der Waals surface area (Å²) in [4.78, 5) is 12.4. The van der Waals surface area contributed by atoms with Crippen molar-refractivity contribution >= 4 is 5.91 Å². The minimum absolute atomic E-state index is 0.0843. The van der Waals surface area contributed by atoms with Gasteiger partial charge in [-0.15, -0.1) is 0 Å². The SMILES string of the molecule is CC/C=C\C/C=C\C/C=C\C/C=C\CCCCCCCCCCCCCCC(=O)NC(CO)C(O)/C=C/CC/C=C/CC/C=C/CCCCCCCC. The molecule has 0 bridgehead atoms. The summed E-state index contributed by atoms with van der Waals surface area (Å²) in [7, 11) is 0. The van der Waals surface area contributed by atoms with Crippen LogP contribution in [0.15, 0.2) is 85.1 Å². The van der Waals surface area contributed by atoms with E-state index in [1.165, 1.54) is 116 Å². The molecule has 0 saturated carbocycles. The predicted molar refractivity (Wildman–Crippen MR) is 234 cm³/mol. The molecule has 53 heavy (non-hydrogen) atoms. The lowest BCUT2D eigenvalue weighted by molar-refractivity contribution is -0.123. The van der Waals surface area contributed by atoms with Gasteiger partial charge in [0.25, 0.3) is 0 Å². The molecule has 0 heterocycles. The standard InChI is InChI=1S/C49H85NO3/c1-3-5-7-9-11-13-15-17-19-21-22-23-24-25-26-27-28-29-31-33-35-37-39-41-43-45-49(53)50-47(46-51)48(52)44-42-40-38-36-34-32-30-20-18-16-14-12-10-8-6-4-2/h5,7,11,13,17-20,22-23,34,36,42,44,47-48,51-52H,3-4,6,8-10,12,14-16,21,24-33,35,37-41,43,45-46H2,1-2H3,(H,50,53)/b7-5-,13-11-,19-17-,20-18+,23-22-,36-34+,44-42+. The third-order valence-corrected chi connectivity index (χ3v) is 9.59. The summed E-state index contributed by atoms with van der Waals surface area (Å²) in [5, 5.41) is 23.0. The van der Waals surface area contributed by atoms with Crippen molar-refractivity contribution in [3.8, 4) is 0 Å². The minimum Gasteiger partial charge on any atom is -0.394 e. The Morgan fingerprint density at radius 1 is 0.472 bits per heavy atom. The number of nitrogens with one attached hydrogen (secondary N) is 1. The monoisotopic (exact) mass is 736 g/mol. The molecular weight excluding hydrogens is 651 g/mol. The van der Waals surface area contributed by atoms with Gasteiger partial charge in [0.2, 0.25) is 5.91 Å². The van der Waals surface area contributed by atoms with E-state index in [2.05, 4.69) is 92.1 Å². The lowest BCUT2D eigenvalue weighted by atomic mass is 10.0. The number of unbranched alkanes of at least 4 members (excludes halogenated alkanes) is 20. The molecule has 304 valence electrons. The van der Waals surface area contributed by atoms with E-state index in [1.807, 2.05) is 6.08 Å². The van der Waals surface area contributed by atoms with E-state index in [9.17, 15) is 15.0 Å². The molecule has 3 N–H and O–H groups in total. The Morgan fingerprint density at radius 2 is 0.849 bits per heavy atom. The summed E-state index contributed by atoms with van der Waals surface area (Å²) >= 11 is 0. The minimum atomic E-state index is -0.874. The highest BCUT2D eigenvalue weighted by Gasteiger charge is 2.17. The maximum atomic E-state index is 12.4. The zero-order valence-electron chi connectivity index (χ0n) is 34.8. The van der Waals surface area contributed by atoms with E-state index in [0.29, 0.717) is 6.42 Å². The Hall–Kier alpha value is -2.43. The van der Waals surface area contributed by atoms with Crippen molar-refractivity contribution in [2.24, 2.45) is 0 Å². The topological polar surface area (TPSA) is 69.6 Å². The van der Waals surface area contributed by atoms with Crippen molar-refractivity contribution in [1.82, 2.24) is 5.32 Å². The first-order chi connectivity index (χ1) is 26.2. The second-order valence-electron chi connectivity index (χ2n) is 14.7. The lowest BCUT2D eigenvalue weighted by Gasteiger charge is -2.19. The third kappa shape index (κ3) is 40.6. The Labute approximate surface area is 329 Å². The van der Waals surface area contributed by atoms with Crippen molar-refractivity contribution in [2.45, 2.75) is 212 Å². The molecule has 0 aliphatic heterocycles. The first kappa shape index (κ1) is 50.6. The van der Waals surface area contributed by atoms with E-state index in [0.717, 1.165) is 64.2 Å². The van der Waals surface area contributed by atoms with Crippen molar-refractivity contribution in [3.63, 3.8) is 0 Å². The van der Waals surface area contributed by atoms with Crippen LogP contribution >= 0.6 is 0 Å². The molecule has 0 fully saturated rings. The quantitative estimate of drug-likeness (QED) is 0.0435. The average molecular weight is 736 g/mol. The van der Waals surface area contributed by atoms with E-state index in [1.54, 1.807) is 6.08 Å².